The molecule has 0 aromatic heterocycles. The third-order valence-corrected chi connectivity index (χ3v) is 15.6. The van der Waals surface area contributed by atoms with E-state index in [4.69, 9.17) is 18.9 Å². The van der Waals surface area contributed by atoms with Crippen LogP contribution < -0.4 is 4.74 Å². The van der Waals surface area contributed by atoms with E-state index in [9.17, 15) is 19.5 Å². The van der Waals surface area contributed by atoms with Crippen molar-refractivity contribution >= 4 is 17.7 Å². The van der Waals surface area contributed by atoms with Gasteiger partial charge in [0.05, 0.1) is 6.61 Å². The maximum absolute atomic E-state index is 13.0. The number of carbonyl (C=O) groups excluding carboxylic acids is 3. The first-order valence-electron chi connectivity index (χ1n) is 18.3. The lowest BCUT2D eigenvalue weighted by molar-refractivity contribution is -0.267. The van der Waals surface area contributed by atoms with Gasteiger partial charge in [0.2, 0.25) is 0 Å². The van der Waals surface area contributed by atoms with Crippen LogP contribution in [0.25, 0.3) is 0 Å². The van der Waals surface area contributed by atoms with E-state index in [2.05, 4.69) is 40.7 Å². The van der Waals surface area contributed by atoms with Crippen LogP contribution in [0.3, 0.4) is 0 Å². The van der Waals surface area contributed by atoms with Gasteiger partial charge in [0.1, 0.15) is 17.6 Å². The fraction of sp³-hybridized carbons (Fsp3) is 0.725. The number of ketones is 1. The lowest BCUT2D eigenvalue weighted by atomic mass is 9.43. The fourth-order valence-corrected chi connectivity index (χ4v) is 13.5. The van der Waals surface area contributed by atoms with Gasteiger partial charge < -0.3 is 24.1 Å². The lowest BCUT2D eigenvalue weighted by Crippen LogP contribution is -2.62. The highest BCUT2D eigenvalue weighted by atomic mass is 16.7. The number of phenols is 1. The van der Waals surface area contributed by atoms with Gasteiger partial charge in [-0.3, -0.25) is 14.4 Å². The van der Waals surface area contributed by atoms with Gasteiger partial charge in [0.15, 0.2) is 11.9 Å². The van der Waals surface area contributed by atoms with Crippen LogP contribution in [0, 0.1) is 63.1 Å². The molecule has 8 rings (SSSR count). The first-order chi connectivity index (χ1) is 22.6. The predicted molar refractivity (Wildman–Crippen MR) is 177 cm³/mol. The molecule has 4 unspecified atom stereocenters. The van der Waals surface area contributed by atoms with Crippen LogP contribution in [0.1, 0.15) is 92.6 Å². The van der Waals surface area contributed by atoms with Gasteiger partial charge in [0.25, 0.3) is 5.79 Å². The molecular weight excluding hydrogens is 608 g/mol. The summed E-state index contributed by atoms with van der Waals surface area (Å²) in [5.74, 6) is -0.446. The largest absolute Gasteiger partial charge is 0.508 e. The summed E-state index contributed by atoms with van der Waals surface area (Å²) in [6, 6.07) is 5.21. The maximum atomic E-state index is 13.0. The minimum atomic E-state index is -1.24. The zero-order valence-corrected chi connectivity index (χ0v) is 29.5. The Balaban J connectivity index is 1.20. The molecule has 2 heterocycles. The van der Waals surface area contributed by atoms with Gasteiger partial charge in [-0.1, -0.05) is 46.8 Å². The molecule has 8 heteroatoms. The topological polar surface area (TPSA) is 108 Å². The minimum Gasteiger partial charge on any atom is -0.508 e. The normalized spacial score (nSPS) is 47.6. The van der Waals surface area contributed by atoms with E-state index >= 15 is 0 Å². The Morgan fingerprint density at radius 2 is 1.81 bits per heavy atom. The van der Waals surface area contributed by atoms with Crippen LogP contribution in [-0.4, -0.2) is 47.4 Å². The number of allylic oxidation sites excluding steroid dienone is 2. The molecule has 14 atom stereocenters. The van der Waals surface area contributed by atoms with Gasteiger partial charge >= 0.3 is 11.9 Å². The number of aromatic hydroxyl groups is 1. The Morgan fingerprint density at radius 3 is 2.54 bits per heavy atom. The molecule has 1 N–H and O–H groups in total. The number of carbonyl (C=O) groups is 3. The van der Waals surface area contributed by atoms with Crippen LogP contribution >= 0.6 is 0 Å². The number of fused-ring (bicyclic) bond motifs is 4. The summed E-state index contributed by atoms with van der Waals surface area (Å²) < 4.78 is 26.2. The van der Waals surface area contributed by atoms with Gasteiger partial charge in [-0.05, 0) is 102 Å². The third kappa shape index (κ3) is 4.01. The number of ether oxygens (including phenoxy) is 4. The molecule has 2 spiro atoms. The van der Waals surface area contributed by atoms with Crippen LogP contribution in [0.4, 0.5) is 0 Å². The van der Waals surface area contributed by atoms with Crippen LogP contribution in [0.5, 0.6) is 11.5 Å². The Kier molecular flexibility index (Phi) is 6.96. The quantitative estimate of drug-likeness (QED) is 0.344. The minimum absolute atomic E-state index is 0.0645. The summed E-state index contributed by atoms with van der Waals surface area (Å²) >= 11 is 0. The molecule has 1 saturated heterocycles. The van der Waals surface area contributed by atoms with E-state index in [0.29, 0.717) is 30.6 Å². The number of benzene rings is 1. The predicted octanol–water partition coefficient (Wildman–Crippen LogP) is 6.81. The highest BCUT2D eigenvalue weighted by molar-refractivity contribution is 5.93. The van der Waals surface area contributed by atoms with Gasteiger partial charge in [0, 0.05) is 43.6 Å². The smallest absolute Gasteiger partial charge is 0.303 e. The van der Waals surface area contributed by atoms with E-state index in [1.165, 1.54) is 13.8 Å². The number of phenolic OH excluding ortho intramolecular Hbond substituents is 1. The molecule has 260 valence electrons. The summed E-state index contributed by atoms with van der Waals surface area (Å²) in [7, 11) is 0. The van der Waals surface area contributed by atoms with Gasteiger partial charge in [-0.25, -0.2) is 0 Å². The lowest BCUT2D eigenvalue weighted by Gasteiger charge is -2.61. The van der Waals surface area contributed by atoms with E-state index in [-0.39, 0.29) is 74.9 Å². The van der Waals surface area contributed by atoms with Crippen molar-refractivity contribution in [3.63, 3.8) is 0 Å². The van der Waals surface area contributed by atoms with Crippen molar-refractivity contribution in [2.75, 3.05) is 6.61 Å². The average molecular weight is 661 g/mol. The second kappa shape index (κ2) is 10.3. The summed E-state index contributed by atoms with van der Waals surface area (Å²) in [5, 5.41) is 10.4. The van der Waals surface area contributed by atoms with Crippen molar-refractivity contribution in [3.05, 3.63) is 35.9 Å². The Hall–Kier alpha value is -2.87. The summed E-state index contributed by atoms with van der Waals surface area (Å²) in [4.78, 5) is 38.6. The second-order valence-corrected chi connectivity index (χ2v) is 17.5. The zero-order chi connectivity index (χ0) is 34.2. The van der Waals surface area contributed by atoms with Crippen molar-refractivity contribution in [1.82, 2.24) is 0 Å². The van der Waals surface area contributed by atoms with E-state index < -0.39 is 17.9 Å². The van der Waals surface area contributed by atoms with Crippen LogP contribution in [0.2, 0.25) is 0 Å². The van der Waals surface area contributed by atoms with Crippen molar-refractivity contribution < 1.29 is 38.4 Å². The van der Waals surface area contributed by atoms with Crippen molar-refractivity contribution in [1.29, 1.82) is 0 Å². The van der Waals surface area contributed by atoms with Crippen molar-refractivity contribution in [2.45, 2.75) is 111 Å². The molecule has 1 aromatic carbocycles. The molecular formula is C40H52O8. The monoisotopic (exact) mass is 660 g/mol. The Morgan fingerprint density at radius 1 is 1.04 bits per heavy atom. The number of esters is 2. The molecule has 5 aliphatic carbocycles. The third-order valence-electron chi connectivity index (χ3n) is 15.6. The van der Waals surface area contributed by atoms with Gasteiger partial charge in [-0.15, -0.1) is 0 Å². The fourth-order valence-electron chi connectivity index (χ4n) is 13.5. The molecule has 0 amide bonds. The molecule has 48 heavy (non-hydrogen) atoms. The highest BCUT2D eigenvalue weighted by Crippen LogP contribution is 2.87. The standard InChI is InChI=1S/C40H52O8/c1-21-19-45-40(29(21)16-26-8-9-27(43)17-31(26)48-40)35(47-25(5)42)23(3)34-32(46-24(4)41)18-37(7)33-11-10-28-22(2)30(44)12-13-38(28)20-39(33,38)15-14-36(34,37)6/h8-9,12-13,17,21-23,28-29,32-35,43H,10-11,14-16,18-20H2,1-7H3/t21?,22-,23?,28-,29?,32-,33-,34-,35+,36+,37-,38+,39-,40?/m0/s1. The maximum Gasteiger partial charge on any atom is 0.303 e. The van der Waals surface area contributed by atoms with Crippen molar-refractivity contribution in [2.24, 2.45) is 63.1 Å². The van der Waals surface area contributed by atoms with Crippen LogP contribution in [-0.2, 0) is 35.0 Å². The Bertz CT molecular complexity index is 1600. The highest BCUT2D eigenvalue weighted by Gasteiger charge is 2.82. The number of hydrogen-bond donors (Lipinski definition) is 1. The second-order valence-electron chi connectivity index (χ2n) is 17.5. The van der Waals surface area contributed by atoms with E-state index in [1.807, 2.05) is 12.1 Å². The molecule has 0 radical (unpaired) electrons. The first kappa shape index (κ1) is 32.3. The molecule has 7 aliphatic rings. The molecule has 2 aliphatic heterocycles. The number of rotatable bonds is 5. The first-order valence-corrected chi connectivity index (χ1v) is 18.3. The van der Waals surface area contributed by atoms with Crippen molar-refractivity contribution in [3.8, 4) is 11.5 Å². The molecule has 0 bridgehead atoms. The van der Waals surface area contributed by atoms with Crippen LogP contribution in [0.15, 0.2) is 30.4 Å². The molecule has 1 aromatic rings. The van der Waals surface area contributed by atoms with Gasteiger partial charge in [-0.2, -0.15) is 0 Å². The Labute approximate surface area is 284 Å². The molecule has 4 saturated carbocycles. The van der Waals surface area contributed by atoms with E-state index in [0.717, 1.165) is 44.1 Å². The zero-order valence-electron chi connectivity index (χ0n) is 29.5. The molecule has 5 fully saturated rings. The SMILES string of the molecule is CC(=O)O[C@H]1C[C@@]2(C)[C@@H]3CC[C@H]4[C@H](C)C(=O)C=C[C@@]45C[C@@]35CC[C@]2(C)[C@H]1C(C)[C@@H](OC(C)=O)C12OCC(C)C1Cc1ccc(O)cc1O2. The number of hydrogen-bond acceptors (Lipinski definition) is 8. The summed E-state index contributed by atoms with van der Waals surface area (Å²) in [5.41, 5.74) is 0.889. The molecule has 8 nitrogen and oxygen atoms in total. The summed E-state index contributed by atoms with van der Waals surface area (Å²) in [6.45, 7) is 14.7. The summed E-state index contributed by atoms with van der Waals surface area (Å²) in [6.07, 6.45) is 9.76. The van der Waals surface area contributed by atoms with E-state index in [1.54, 1.807) is 12.1 Å². The average Bonchev–Trinajstić information content (AvgIpc) is 3.50.